The van der Waals surface area contributed by atoms with Gasteiger partial charge in [0.2, 0.25) is 0 Å². The van der Waals surface area contributed by atoms with Crippen LogP contribution in [0, 0.1) is 0 Å². The van der Waals surface area contributed by atoms with Crippen molar-refractivity contribution in [2.75, 3.05) is 6.61 Å². The number of imide groups is 1. The Morgan fingerprint density at radius 3 is 2.83 bits per heavy atom. The first kappa shape index (κ1) is 12.4. The van der Waals surface area contributed by atoms with Crippen LogP contribution in [0.4, 0.5) is 4.79 Å². The molecule has 1 aromatic rings. The number of nitrogens with zero attached hydrogens (tertiary/aromatic N) is 1. The highest BCUT2D eigenvalue weighted by molar-refractivity contribution is 5.99. The molecule has 0 aromatic heterocycles. The normalized spacial score (nSPS) is 19.3. The number of benzene rings is 1. The van der Waals surface area contributed by atoms with Gasteiger partial charge in [-0.3, -0.25) is 4.79 Å². The van der Waals surface area contributed by atoms with Gasteiger partial charge in [-0.05, 0) is 18.1 Å². The van der Waals surface area contributed by atoms with Crippen molar-refractivity contribution in [2.24, 2.45) is 0 Å². The minimum Gasteiger partial charge on any atom is -0.446 e. The van der Waals surface area contributed by atoms with Crippen LogP contribution in [0.2, 0.25) is 0 Å². The zero-order chi connectivity index (χ0) is 13.0. The highest BCUT2D eigenvalue weighted by Crippen LogP contribution is 2.27. The minimum atomic E-state index is -0.574. The molecule has 0 radical (unpaired) electrons. The van der Waals surface area contributed by atoms with Gasteiger partial charge in [-0.2, -0.15) is 0 Å². The third kappa shape index (κ3) is 2.42. The van der Waals surface area contributed by atoms with E-state index in [1.807, 2.05) is 37.3 Å². The van der Waals surface area contributed by atoms with E-state index in [4.69, 9.17) is 4.74 Å². The van der Waals surface area contributed by atoms with E-state index in [-0.39, 0.29) is 18.6 Å². The number of carbonyl (C=O) groups excluding carboxylic acids is 2. The Kier molecular flexibility index (Phi) is 3.77. The van der Waals surface area contributed by atoms with Crippen molar-refractivity contribution in [1.82, 2.24) is 4.90 Å². The van der Waals surface area contributed by atoms with E-state index in [0.29, 0.717) is 0 Å². The van der Waals surface area contributed by atoms with Gasteiger partial charge in [-0.15, -0.1) is 0 Å². The van der Waals surface area contributed by atoms with Gasteiger partial charge >= 0.3 is 6.09 Å². The predicted molar refractivity (Wildman–Crippen MR) is 66.8 cm³/mol. The maximum absolute atomic E-state index is 11.9. The van der Waals surface area contributed by atoms with E-state index >= 15 is 0 Å². The lowest BCUT2D eigenvalue weighted by atomic mass is 10.1. The summed E-state index contributed by atoms with van der Waals surface area (Å²) in [5.74, 6) is -0.326. The molecule has 0 unspecified atom stereocenters. The molecule has 0 N–H and O–H groups in total. The molecule has 1 aromatic carbocycles. The van der Waals surface area contributed by atoms with E-state index in [0.717, 1.165) is 12.0 Å². The Morgan fingerprint density at radius 1 is 1.44 bits per heavy atom. The molecule has 1 fully saturated rings. The van der Waals surface area contributed by atoms with Crippen molar-refractivity contribution in [3.05, 3.63) is 48.0 Å². The summed E-state index contributed by atoms with van der Waals surface area (Å²) < 4.78 is 4.97. The maximum atomic E-state index is 11.9. The van der Waals surface area contributed by atoms with Crippen LogP contribution in [0.15, 0.2) is 42.5 Å². The van der Waals surface area contributed by atoms with Gasteiger partial charge in [0.15, 0.2) is 0 Å². The van der Waals surface area contributed by atoms with Crippen LogP contribution >= 0.6 is 0 Å². The lowest BCUT2D eigenvalue weighted by Gasteiger charge is -2.18. The number of rotatable bonds is 3. The van der Waals surface area contributed by atoms with Gasteiger partial charge in [-0.25, -0.2) is 9.69 Å². The second-order valence-corrected chi connectivity index (χ2v) is 4.02. The summed E-state index contributed by atoms with van der Waals surface area (Å²) in [7, 11) is 0. The lowest BCUT2D eigenvalue weighted by molar-refractivity contribution is -0.124. The monoisotopic (exact) mass is 245 g/mol. The molecule has 0 spiro atoms. The molecular formula is C14H15NO3. The predicted octanol–water partition coefficient (Wildman–Crippen LogP) is 2.67. The fraction of sp³-hybridized carbons (Fsp3) is 0.286. The second kappa shape index (κ2) is 5.49. The largest absolute Gasteiger partial charge is 0.446 e. The average molecular weight is 245 g/mol. The fourth-order valence-corrected chi connectivity index (χ4v) is 1.88. The minimum absolute atomic E-state index is 0.217. The van der Waals surface area contributed by atoms with Gasteiger partial charge in [0.05, 0.1) is 0 Å². The van der Waals surface area contributed by atoms with Gasteiger partial charge in [-0.1, -0.05) is 43.3 Å². The molecule has 0 saturated carbocycles. The highest BCUT2D eigenvalue weighted by Gasteiger charge is 2.37. The third-order valence-corrected chi connectivity index (χ3v) is 2.79. The van der Waals surface area contributed by atoms with Crippen LogP contribution in [0.3, 0.4) is 0 Å². The molecule has 18 heavy (non-hydrogen) atoms. The molecule has 1 atom stereocenters. The average Bonchev–Trinajstić information content (AvgIpc) is 2.79. The first-order chi connectivity index (χ1) is 8.74. The maximum Gasteiger partial charge on any atom is 0.417 e. The summed E-state index contributed by atoms with van der Waals surface area (Å²) in [6.45, 7) is 2.15. The van der Waals surface area contributed by atoms with Crippen molar-refractivity contribution in [3.8, 4) is 0 Å². The molecule has 94 valence electrons. The van der Waals surface area contributed by atoms with Crippen molar-refractivity contribution in [3.63, 3.8) is 0 Å². The van der Waals surface area contributed by atoms with Gasteiger partial charge in [0.1, 0.15) is 12.6 Å². The van der Waals surface area contributed by atoms with Crippen LogP contribution in [-0.2, 0) is 9.53 Å². The molecule has 1 aliphatic heterocycles. The summed E-state index contributed by atoms with van der Waals surface area (Å²) in [5.41, 5.74) is 0.904. The zero-order valence-electron chi connectivity index (χ0n) is 10.2. The number of hydrogen-bond donors (Lipinski definition) is 0. The van der Waals surface area contributed by atoms with Crippen LogP contribution < -0.4 is 0 Å². The molecule has 1 heterocycles. The molecule has 0 aliphatic carbocycles. The first-order valence-electron chi connectivity index (χ1n) is 5.95. The Labute approximate surface area is 106 Å². The summed E-state index contributed by atoms with van der Waals surface area (Å²) >= 11 is 0. The van der Waals surface area contributed by atoms with Crippen LogP contribution in [0.5, 0.6) is 0 Å². The number of carbonyl (C=O) groups is 2. The van der Waals surface area contributed by atoms with E-state index < -0.39 is 6.09 Å². The zero-order valence-corrected chi connectivity index (χ0v) is 10.2. The Bertz CT molecular complexity index is 467. The van der Waals surface area contributed by atoms with E-state index in [1.165, 1.54) is 11.0 Å². The van der Waals surface area contributed by atoms with Crippen molar-refractivity contribution < 1.29 is 14.3 Å². The number of hydrogen-bond acceptors (Lipinski definition) is 3. The summed E-state index contributed by atoms with van der Waals surface area (Å²) in [6, 6.07) is 9.09. The standard InChI is InChI=1S/C14H15NO3/c1-2-3-9-13(16)15-12(10-18-14(15)17)11-7-5-4-6-8-11/h3-9,12H,2,10H2,1H3/b9-3+/t12-/m0/s1. The van der Waals surface area contributed by atoms with Crippen LogP contribution in [-0.4, -0.2) is 23.5 Å². The first-order valence-corrected chi connectivity index (χ1v) is 5.95. The Morgan fingerprint density at radius 2 is 2.17 bits per heavy atom. The fourth-order valence-electron chi connectivity index (χ4n) is 1.88. The van der Waals surface area contributed by atoms with E-state index in [9.17, 15) is 9.59 Å². The highest BCUT2D eigenvalue weighted by atomic mass is 16.6. The number of amides is 2. The topological polar surface area (TPSA) is 46.6 Å². The third-order valence-electron chi connectivity index (χ3n) is 2.79. The van der Waals surface area contributed by atoms with Crippen molar-refractivity contribution in [2.45, 2.75) is 19.4 Å². The number of cyclic esters (lactones) is 1. The molecular weight excluding hydrogens is 230 g/mol. The molecule has 1 saturated heterocycles. The SMILES string of the molecule is CC/C=C/C(=O)N1C(=O)OC[C@H]1c1ccccc1. The Balaban J connectivity index is 2.23. The van der Waals surface area contributed by atoms with E-state index in [2.05, 4.69) is 0 Å². The quantitative estimate of drug-likeness (QED) is 0.769. The second-order valence-electron chi connectivity index (χ2n) is 4.02. The molecule has 4 nitrogen and oxygen atoms in total. The molecule has 4 heteroatoms. The molecule has 2 amide bonds. The summed E-state index contributed by atoms with van der Waals surface area (Å²) in [6.07, 6.45) is 3.33. The number of ether oxygens (including phenoxy) is 1. The number of allylic oxidation sites excluding steroid dienone is 1. The van der Waals surface area contributed by atoms with Crippen molar-refractivity contribution >= 4 is 12.0 Å². The van der Waals surface area contributed by atoms with Gasteiger partial charge in [0, 0.05) is 0 Å². The van der Waals surface area contributed by atoms with Gasteiger partial charge < -0.3 is 4.74 Å². The van der Waals surface area contributed by atoms with Crippen LogP contribution in [0.1, 0.15) is 24.9 Å². The molecule has 0 bridgehead atoms. The molecule has 2 rings (SSSR count). The smallest absolute Gasteiger partial charge is 0.417 e. The van der Waals surface area contributed by atoms with Gasteiger partial charge in [0.25, 0.3) is 5.91 Å². The van der Waals surface area contributed by atoms with Crippen LogP contribution in [0.25, 0.3) is 0 Å². The van der Waals surface area contributed by atoms with E-state index in [1.54, 1.807) is 6.08 Å². The summed E-state index contributed by atoms with van der Waals surface area (Å²) in [5, 5.41) is 0. The molecule has 1 aliphatic rings. The van der Waals surface area contributed by atoms with Crippen molar-refractivity contribution in [1.29, 1.82) is 0 Å². The lowest BCUT2D eigenvalue weighted by Crippen LogP contribution is -2.32. The Hall–Kier alpha value is -2.10. The summed E-state index contributed by atoms with van der Waals surface area (Å²) in [4.78, 5) is 24.7.